The van der Waals surface area contributed by atoms with E-state index in [2.05, 4.69) is 15.9 Å². The minimum absolute atomic E-state index is 0.0446. The summed E-state index contributed by atoms with van der Waals surface area (Å²) in [6.07, 6.45) is 0. The highest BCUT2D eigenvalue weighted by atomic mass is 79.9. The van der Waals surface area contributed by atoms with Gasteiger partial charge in [0, 0.05) is 5.69 Å². The predicted octanol–water partition coefficient (Wildman–Crippen LogP) is 1.27. The second kappa shape index (κ2) is 3.10. The van der Waals surface area contributed by atoms with Crippen LogP contribution < -0.4 is 11.5 Å². The molecule has 1 rings (SSSR count). The van der Waals surface area contributed by atoms with Gasteiger partial charge in [-0.3, -0.25) is 4.79 Å². The summed E-state index contributed by atoms with van der Waals surface area (Å²) in [5.74, 6) is -1.19. The Hall–Kier alpha value is -1.10. The van der Waals surface area contributed by atoms with Crippen molar-refractivity contribution < 1.29 is 9.18 Å². The van der Waals surface area contributed by atoms with Gasteiger partial charge in [0.2, 0.25) is 0 Å². The summed E-state index contributed by atoms with van der Waals surface area (Å²) in [7, 11) is 0. The van der Waals surface area contributed by atoms with Crippen LogP contribution in [0.4, 0.5) is 10.1 Å². The zero-order valence-corrected chi connectivity index (χ0v) is 7.56. The maximum absolute atomic E-state index is 12.7. The standard InChI is InChI=1S/C7H6BrFN2O/c8-4-1-3(7(11)12)6(10)2-5(4)9/h1-2H,10H2,(H2,11,12). The molecule has 64 valence electrons. The molecule has 4 N–H and O–H groups in total. The highest BCUT2D eigenvalue weighted by molar-refractivity contribution is 9.10. The van der Waals surface area contributed by atoms with Crippen molar-refractivity contribution in [3.8, 4) is 0 Å². The third kappa shape index (κ3) is 1.55. The number of hydrogen-bond acceptors (Lipinski definition) is 2. The summed E-state index contributed by atoms with van der Waals surface area (Å²) in [5.41, 5.74) is 10.5. The van der Waals surface area contributed by atoms with E-state index in [-0.39, 0.29) is 15.7 Å². The van der Waals surface area contributed by atoms with Crippen LogP contribution in [0.2, 0.25) is 0 Å². The average molecular weight is 233 g/mol. The lowest BCUT2D eigenvalue weighted by Crippen LogP contribution is -2.13. The van der Waals surface area contributed by atoms with Crippen LogP contribution in [0, 0.1) is 5.82 Å². The third-order valence-corrected chi connectivity index (χ3v) is 1.97. The molecule has 1 aromatic rings. The summed E-state index contributed by atoms with van der Waals surface area (Å²) in [5, 5.41) is 0. The lowest BCUT2D eigenvalue weighted by Gasteiger charge is -2.02. The second-order valence-corrected chi connectivity index (χ2v) is 3.07. The Kier molecular flexibility index (Phi) is 2.32. The quantitative estimate of drug-likeness (QED) is 0.717. The van der Waals surface area contributed by atoms with E-state index in [9.17, 15) is 9.18 Å². The molecule has 0 aliphatic carbocycles. The van der Waals surface area contributed by atoms with E-state index in [1.54, 1.807) is 0 Å². The molecule has 0 spiro atoms. The number of rotatable bonds is 1. The number of anilines is 1. The molecule has 0 fully saturated rings. The van der Waals surface area contributed by atoms with E-state index >= 15 is 0 Å². The molecular weight excluding hydrogens is 227 g/mol. The monoisotopic (exact) mass is 232 g/mol. The van der Waals surface area contributed by atoms with Crippen LogP contribution >= 0.6 is 15.9 Å². The van der Waals surface area contributed by atoms with Crippen molar-refractivity contribution in [1.82, 2.24) is 0 Å². The first-order valence-corrected chi connectivity index (χ1v) is 3.86. The van der Waals surface area contributed by atoms with Gasteiger partial charge in [0.05, 0.1) is 10.0 Å². The zero-order valence-electron chi connectivity index (χ0n) is 5.97. The van der Waals surface area contributed by atoms with Crippen LogP contribution in [0.1, 0.15) is 10.4 Å². The molecule has 0 aliphatic rings. The molecule has 0 heterocycles. The molecular formula is C7H6BrFN2O. The smallest absolute Gasteiger partial charge is 0.250 e. The third-order valence-electron chi connectivity index (χ3n) is 1.36. The number of nitrogen functional groups attached to an aromatic ring is 1. The number of carbonyl (C=O) groups is 1. The lowest BCUT2D eigenvalue weighted by molar-refractivity contribution is 0.100. The number of hydrogen-bond donors (Lipinski definition) is 2. The highest BCUT2D eigenvalue weighted by Gasteiger charge is 2.09. The molecule has 0 saturated heterocycles. The molecule has 3 nitrogen and oxygen atoms in total. The van der Waals surface area contributed by atoms with Crippen molar-refractivity contribution in [3.05, 3.63) is 28.0 Å². The van der Waals surface area contributed by atoms with Gasteiger partial charge in [-0.05, 0) is 28.1 Å². The minimum atomic E-state index is -0.673. The lowest BCUT2D eigenvalue weighted by atomic mass is 10.2. The maximum atomic E-state index is 12.7. The molecule has 0 aliphatic heterocycles. The highest BCUT2D eigenvalue weighted by Crippen LogP contribution is 2.21. The van der Waals surface area contributed by atoms with E-state index in [4.69, 9.17) is 11.5 Å². The number of benzene rings is 1. The van der Waals surface area contributed by atoms with Crippen LogP contribution in [0.15, 0.2) is 16.6 Å². The summed E-state index contributed by atoms with van der Waals surface area (Å²) in [6, 6.07) is 2.30. The Balaban J connectivity index is 3.33. The number of amides is 1. The number of nitrogens with two attached hydrogens (primary N) is 2. The molecule has 0 aromatic heterocycles. The van der Waals surface area contributed by atoms with Crippen LogP contribution in [0.5, 0.6) is 0 Å². The van der Waals surface area contributed by atoms with E-state index in [0.29, 0.717) is 0 Å². The van der Waals surface area contributed by atoms with Crippen LogP contribution in [-0.4, -0.2) is 5.91 Å². The van der Waals surface area contributed by atoms with E-state index in [1.165, 1.54) is 6.07 Å². The van der Waals surface area contributed by atoms with Crippen LogP contribution in [-0.2, 0) is 0 Å². The Morgan fingerprint density at radius 2 is 2.08 bits per heavy atom. The molecule has 0 atom stereocenters. The van der Waals surface area contributed by atoms with Gasteiger partial charge >= 0.3 is 0 Å². The maximum Gasteiger partial charge on any atom is 0.250 e. The van der Waals surface area contributed by atoms with Gasteiger partial charge in [0.1, 0.15) is 5.82 Å². The van der Waals surface area contributed by atoms with Gasteiger partial charge in [-0.25, -0.2) is 4.39 Å². The predicted molar refractivity (Wildman–Crippen MR) is 47.0 cm³/mol. The second-order valence-electron chi connectivity index (χ2n) is 2.22. The molecule has 0 bridgehead atoms. The summed E-state index contributed by atoms with van der Waals surface area (Å²) in [6.45, 7) is 0. The molecule has 1 aromatic carbocycles. The van der Waals surface area contributed by atoms with Crippen molar-refractivity contribution in [3.63, 3.8) is 0 Å². The molecule has 12 heavy (non-hydrogen) atoms. The largest absolute Gasteiger partial charge is 0.398 e. The van der Waals surface area contributed by atoms with Gasteiger partial charge in [-0.2, -0.15) is 0 Å². The minimum Gasteiger partial charge on any atom is -0.398 e. The van der Waals surface area contributed by atoms with E-state index < -0.39 is 11.7 Å². The number of carbonyl (C=O) groups excluding carboxylic acids is 1. The molecule has 1 amide bonds. The first-order valence-electron chi connectivity index (χ1n) is 3.06. The van der Waals surface area contributed by atoms with Crippen LogP contribution in [0.25, 0.3) is 0 Å². The Bertz CT molecular complexity index is 340. The van der Waals surface area contributed by atoms with Crippen LogP contribution in [0.3, 0.4) is 0 Å². The fraction of sp³-hybridized carbons (Fsp3) is 0. The topological polar surface area (TPSA) is 69.1 Å². The van der Waals surface area contributed by atoms with Gasteiger partial charge < -0.3 is 11.5 Å². The summed E-state index contributed by atoms with van der Waals surface area (Å²) in [4.78, 5) is 10.7. The average Bonchev–Trinajstić information content (AvgIpc) is 1.96. The molecule has 0 unspecified atom stereocenters. The van der Waals surface area contributed by atoms with Gasteiger partial charge in [0.25, 0.3) is 5.91 Å². The normalized spacial score (nSPS) is 9.83. The van der Waals surface area contributed by atoms with E-state index in [0.717, 1.165) is 6.07 Å². The Morgan fingerprint density at radius 3 is 2.58 bits per heavy atom. The van der Waals surface area contributed by atoms with Gasteiger partial charge in [0.15, 0.2) is 0 Å². The SMILES string of the molecule is NC(=O)c1cc(Br)c(F)cc1N. The van der Waals surface area contributed by atoms with Crippen molar-refractivity contribution in [2.75, 3.05) is 5.73 Å². The number of primary amides is 1. The molecule has 0 radical (unpaired) electrons. The first-order chi connectivity index (χ1) is 5.52. The zero-order chi connectivity index (χ0) is 9.30. The Morgan fingerprint density at radius 1 is 1.50 bits per heavy atom. The Labute approximate surface area is 76.7 Å². The fourth-order valence-corrected chi connectivity index (χ4v) is 1.12. The summed E-state index contributed by atoms with van der Waals surface area (Å²) >= 11 is 2.91. The van der Waals surface area contributed by atoms with Crippen molar-refractivity contribution in [1.29, 1.82) is 0 Å². The first kappa shape index (κ1) is 8.99. The molecule has 5 heteroatoms. The van der Waals surface area contributed by atoms with Gasteiger partial charge in [-0.15, -0.1) is 0 Å². The number of halogens is 2. The van der Waals surface area contributed by atoms with Crippen molar-refractivity contribution in [2.24, 2.45) is 5.73 Å². The molecule has 0 saturated carbocycles. The van der Waals surface area contributed by atoms with Gasteiger partial charge in [-0.1, -0.05) is 0 Å². The fourth-order valence-electron chi connectivity index (χ4n) is 0.776. The van der Waals surface area contributed by atoms with Crippen molar-refractivity contribution in [2.45, 2.75) is 0 Å². The van der Waals surface area contributed by atoms with E-state index in [1.807, 2.05) is 0 Å². The summed E-state index contributed by atoms with van der Waals surface area (Å²) < 4.78 is 12.9. The van der Waals surface area contributed by atoms with Crippen molar-refractivity contribution >= 4 is 27.5 Å².